The first-order valence-electron chi connectivity index (χ1n) is 7.34. The fourth-order valence-corrected chi connectivity index (χ4v) is 3.02. The average Bonchev–Trinajstić information content (AvgIpc) is 3.23. The summed E-state index contributed by atoms with van der Waals surface area (Å²) in [7, 11) is 0. The summed E-state index contributed by atoms with van der Waals surface area (Å²) >= 11 is 5.93. The van der Waals surface area contributed by atoms with Crippen molar-refractivity contribution in [1.29, 1.82) is 0 Å². The number of benzene rings is 1. The maximum Gasteiger partial charge on any atom is 0.307 e. The summed E-state index contributed by atoms with van der Waals surface area (Å²) in [4.78, 5) is 19.8. The Morgan fingerprint density at radius 2 is 2.09 bits per heavy atom. The summed E-state index contributed by atoms with van der Waals surface area (Å²) < 4.78 is 5.86. The van der Waals surface area contributed by atoms with Crippen LogP contribution in [0.3, 0.4) is 0 Å². The van der Waals surface area contributed by atoms with Crippen molar-refractivity contribution >= 4 is 17.6 Å². The molecule has 23 heavy (non-hydrogen) atoms. The van der Waals surface area contributed by atoms with E-state index < -0.39 is 17.3 Å². The molecule has 1 aromatic heterocycles. The minimum atomic E-state index is -0.805. The molecule has 0 spiro atoms. The summed E-state index contributed by atoms with van der Waals surface area (Å²) in [5, 5.41) is 10.0. The van der Waals surface area contributed by atoms with E-state index >= 15 is 0 Å². The number of carboxylic acids is 1. The topological polar surface area (TPSA) is 72.3 Å². The van der Waals surface area contributed by atoms with Gasteiger partial charge in [0, 0.05) is 10.4 Å². The van der Waals surface area contributed by atoms with E-state index in [0.29, 0.717) is 23.0 Å². The molecule has 1 aliphatic rings. The summed E-state index contributed by atoms with van der Waals surface area (Å²) in [6.07, 6.45) is 2.18. The predicted octanol–water partition coefficient (Wildman–Crippen LogP) is 3.17. The summed E-state index contributed by atoms with van der Waals surface area (Å²) in [6, 6.07) is 7.28. The molecule has 0 saturated heterocycles. The molecule has 1 aliphatic carbocycles. The molecule has 1 heterocycles. The quantitative estimate of drug-likeness (QED) is 0.910. The van der Waals surface area contributed by atoms with Crippen molar-refractivity contribution in [3.8, 4) is 5.75 Å². The van der Waals surface area contributed by atoms with Crippen LogP contribution in [0.15, 0.2) is 30.5 Å². The maximum atomic E-state index is 11.4. The number of rotatable bonds is 5. The fraction of sp³-hybridized carbons (Fsp3) is 0.353. The highest BCUT2D eigenvalue weighted by atomic mass is 35.5. The van der Waals surface area contributed by atoms with Crippen LogP contribution in [0.5, 0.6) is 5.75 Å². The van der Waals surface area contributed by atoms with Crippen LogP contribution in [0, 0.1) is 19.8 Å². The standard InChI is InChI=1S/C17H17ClN2O3/c1-10-15(8-19-11(2)20-10)23-9-17(7-14(17)16(21)22)12-3-5-13(18)6-4-12/h3-6,8,14H,7,9H2,1-2H3,(H,21,22). The van der Waals surface area contributed by atoms with E-state index in [1.165, 1.54) is 0 Å². The van der Waals surface area contributed by atoms with E-state index in [0.717, 1.165) is 11.3 Å². The minimum absolute atomic E-state index is 0.277. The molecule has 5 nitrogen and oxygen atoms in total. The highest BCUT2D eigenvalue weighted by molar-refractivity contribution is 6.30. The Labute approximate surface area is 139 Å². The first-order chi connectivity index (χ1) is 10.9. The Balaban J connectivity index is 1.83. The van der Waals surface area contributed by atoms with Crippen LogP contribution in [0.1, 0.15) is 23.5 Å². The normalized spacial score (nSPS) is 22.7. The highest BCUT2D eigenvalue weighted by Crippen LogP contribution is 2.54. The van der Waals surface area contributed by atoms with Gasteiger partial charge in [0.05, 0.1) is 24.4 Å². The molecule has 3 rings (SSSR count). The highest BCUT2D eigenvalue weighted by Gasteiger charge is 2.60. The van der Waals surface area contributed by atoms with Crippen LogP contribution in [0.4, 0.5) is 0 Å². The molecule has 120 valence electrons. The van der Waals surface area contributed by atoms with Gasteiger partial charge in [-0.3, -0.25) is 4.79 Å². The smallest absolute Gasteiger partial charge is 0.307 e. The number of aliphatic carboxylic acids is 1. The molecule has 1 saturated carbocycles. The molecule has 2 unspecified atom stereocenters. The van der Waals surface area contributed by atoms with Crippen LogP contribution in [-0.2, 0) is 10.2 Å². The number of halogens is 1. The first kappa shape index (κ1) is 15.7. The SMILES string of the molecule is Cc1ncc(OCC2(c3ccc(Cl)cc3)CC2C(=O)O)c(C)n1. The van der Waals surface area contributed by atoms with Crippen LogP contribution < -0.4 is 4.74 Å². The Bertz CT molecular complexity index is 748. The van der Waals surface area contributed by atoms with Crippen molar-refractivity contribution in [3.05, 3.63) is 52.6 Å². The number of aryl methyl sites for hydroxylation is 2. The van der Waals surface area contributed by atoms with Gasteiger partial charge in [0.2, 0.25) is 0 Å². The molecule has 1 fully saturated rings. The lowest BCUT2D eigenvalue weighted by Crippen LogP contribution is -2.23. The maximum absolute atomic E-state index is 11.4. The Hall–Kier alpha value is -2.14. The molecular weight excluding hydrogens is 316 g/mol. The molecule has 0 aliphatic heterocycles. The zero-order valence-corrected chi connectivity index (χ0v) is 13.7. The average molecular weight is 333 g/mol. The monoisotopic (exact) mass is 332 g/mol. The van der Waals surface area contributed by atoms with Crippen molar-refractivity contribution < 1.29 is 14.6 Å². The molecule has 0 bridgehead atoms. The summed E-state index contributed by atoms with van der Waals surface area (Å²) in [5.74, 6) is 0.00727. The van der Waals surface area contributed by atoms with Gasteiger partial charge in [-0.15, -0.1) is 0 Å². The first-order valence-corrected chi connectivity index (χ1v) is 7.72. The zero-order chi connectivity index (χ0) is 16.6. The van der Waals surface area contributed by atoms with Crippen LogP contribution in [0.2, 0.25) is 5.02 Å². The van der Waals surface area contributed by atoms with E-state index in [1.54, 1.807) is 18.3 Å². The minimum Gasteiger partial charge on any atom is -0.489 e. The third-order valence-electron chi connectivity index (χ3n) is 4.33. The van der Waals surface area contributed by atoms with Gasteiger partial charge < -0.3 is 9.84 Å². The van der Waals surface area contributed by atoms with E-state index in [4.69, 9.17) is 16.3 Å². The van der Waals surface area contributed by atoms with Gasteiger partial charge in [-0.05, 0) is 38.0 Å². The van der Waals surface area contributed by atoms with Gasteiger partial charge in [0.1, 0.15) is 5.82 Å². The van der Waals surface area contributed by atoms with Crippen molar-refractivity contribution in [2.24, 2.45) is 5.92 Å². The number of nitrogens with zero attached hydrogens (tertiary/aromatic N) is 2. The Morgan fingerprint density at radius 3 is 2.65 bits per heavy atom. The lowest BCUT2D eigenvalue weighted by atomic mass is 9.94. The van der Waals surface area contributed by atoms with Gasteiger partial charge in [0.15, 0.2) is 5.75 Å². The van der Waals surface area contributed by atoms with Gasteiger partial charge in [-0.1, -0.05) is 23.7 Å². The van der Waals surface area contributed by atoms with E-state index in [2.05, 4.69) is 9.97 Å². The Kier molecular flexibility index (Phi) is 3.98. The van der Waals surface area contributed by atoms with Gasteiger partial charge in [-0.2, -0.15) is 0 Å². The Morgan fingerprint density at radius 1 is 1.39 bits per heavy atom. The molecule has 0 amide bonds. The zero-order valence-electron chi connectivity index (χ0n) is 12.9. The lowest BCUT2D eigenvalue weighted by Gasteiger charge is -2.19. The predicted molar refractivity (Wildman–Crippen MR) is 85.9 cm³/mol. The summed E-state index contributed by atoms with van der Waals surface area (Å²) in [6.45, 7) is 3.94. The van der Waals surface area contributed by atoms with Crippen LogP contribution in [0.25, 0.3) is 0 Å². The fourth-order valence-electron chi connectivity index (χ4n) is 2.89. The number of hydrogen-bond donors (Lipinski definition) is 1. The molecule has 1 N–H and O–H groups in total. The number of ether oxygens (including phenoxy) is 1. The van der Waals surface area contributed by atoms with Gasteiger partial charge in [0.25, 0.3) is 0 Å². The van der Waals surface area contributed by atoms with E-state index in [9.17, 15) is 9.90 Å². The van der Waals surface area contributed by atoms with Gasteiger partial charge in [-0.25, -0.2) is 9.97 Å². The van der Waals surface area contributed by atoms with Crippen molar-refractivity contribution in [2.45, 2.75) is 25.7 Å². The molecular formula is C17H17ClN2O3. The second kappa shape index (κ2) is 5.81. The van der Waals surface area contributed by atoms with Crippen LogP contribution in [-0.4, -0.2) is 27.7 Å². The largest absolute Gasteiger partial charge is 0.489 e. The number of aromatic nitrogens is 2. The van der Waals surface area contributed by atoms with Crippen LogP contribution >= 0.6 is 11.6 Å². The third-order valence-corrected chi connectivity index (χ3v) is 4.58. The number of hydrogen-bond acceptors (Lipinski definition) is 4. The van der Waals surface area contributed by atoms with Crippen molar-refractivity contribution in [3.63, 3.8) is 0 Å². The summed E-state index contributed by atoms with van der Waals surface area (Å²) in [5.41, 5.74) is 1.16. The van der Waals surface area contributed by atoms with Gasteiger partial charge >= 0.3 is 5.97 Å². The second-order valence-corrected chi connectivity index (χ2v) is 6.35. The van der Waals surface area contributed by atoms with Crippen molar-refractivity contribution in [2.75, 3.05) is 6.61 Å². The van der Waals surface area contributed by atoms with E-state index in [1.807, 2.05) is 26.0 Å². The second-order valence-electron chi connectivity index (χ2n) is 5.91. The number of carboxylic acid groups (broad SMARTS) is 1. The lowest BCUT2D eigenvalue weighted by molar-refractivity contribution is -0.139. The third kappa shape index (κ3) is 3.01. The molecule has 1 aromatic carbocycles. The van der Waals surface area contributed by atoms with E-state index in [-0.39, 0.29) is 6.61 Å². The molecule has 0 radical (unpaired) electrons. The molecule has 2 aromatic rings. The molecule has 6 heteroatoms. The molecule has 2 atom stereocenters. The number of carbonyl (C=O) groups is 1. The van der Waals surface area contributed by atoms with Crippen molar-refractivity contribution in [1.82, 2.24) is 9.97 Å².